The van der Waals surface area contributed by atoms with Crippen molar-refractivity contribution in [1.29, 1.82) is 0 Å². The molecule has 5 N–H and O–H groups in total. The maximum Gasteiger partial charge on any atom is 0.380 e. The first kappa shape index (κ1) is 26.9. The lowest BCUT2D eigenvalue weighted by Crippen LogP contribution is -2.49. The topological polar surface area (TPSA) is 189 Å². The average Bonchev–Trinajstić information content (AvgIpc) is 3.69. The summed E-state index contributed by atoms with van der Waals surface area (Å²) in [6.45, 7) is 1.64. The van der Waals surface area contributed by atoms with E-state index < -0.39 is 16.2 Å². The quantitative estimate of drug-likeness (QED) is 0.269. The van der Waals surface area contributed by atoms with Gasteiger partial charge >= 0.3 is 10.3 Å². The van der Waals surface area contributed by atoms with Gasteiger partial charge in [-0.05, 0) is 37.1 Å². The van der Waals surface area contributed by atoms with Crippen LogP contribution in [0.3, 0.4) is 0 Å². The third kappa shape index (κ3) is 6.65. The van der Waals surface area contributed by atoms with Crippen LogP contribution in [0.25, 0.3) is 0 Å². The van der Waals surface area contributed by atoms with Crippen LogP contribution >= 0.6 is 0 Å². The van der Waals surface area contributed by atoms with Gasteiger partial charge in [0.25, 0.3) is 11.8 Å². The molecule has 3 aromatic rings. The maximum absolute atomic E-state index is 13.0. The summed E-state index contributed by atoms with van der Waals surface area (Å²) in [6.07, 6.45) is 7.54. The molecule has 2 aliphatic rings. The second-order valence-electron chi connectivity index (χ2n) is 9.31. The Morgan fingerprint density at radius 1 is 1.10 bits per heavy atom. The molecular formula is C25H27N9O5S. The lowest BCUT2D eigenvalue weighted by molar-refractivity contribution is 0.0746. The van der Waals surface area contributed by atoms with Crippen LogP contribution in [-0.2, 0) is 10.3 Å². The Hall–Kier alpha value is -4.68. The number of carbonyl (C=O) groups excluding carboxylic acids is 2. The summed E-state index contributed by atoms with van der Waals surface area (Å²) in [5.41, 5.74) is 1.56. The molecular weight excluding hydrogens is 538 g/mol. The molecule has 1 aliphatic heterocycles. The van der Waals surface area contributed by atoms with Crippen LogP contribution in [0.15, 0.2) is 36.4 Å². The lowest BCUT2D eigenvalue weighted by Gasteiger charge is -2.35. The minimum absolute atomic E-state index is 0.00944. The van der Waals surface area contributed by atoms with Gasteiger partial charge in [-0.1, -0.05) is 5.92 Å². The summed E-state index contributed by atoms with van der Waals surface area (Å²) in [5.74, 6) is 3.52. The molecule has 1 aromatic carbocycles. The second kappa shape index (κ2) is 11.2. The molecule has 15 heteroatoms. The number of hydrogen-bond acceptors (Lipinski definition) is 10. The van der Waals surface area contributed by atoms with E-state index >= 15 is 0 Å². The highest BCUT2D eigenvalue weighted by Gasteiger charge is 2.27. The molecule has 5 rings (SSSR count). The molecule has 0 radical (unpaired) electrons. The molecule has 0 atom stereocenters. The van der Waals surface area contributed by atoms with Crippen LogP contribution in [0.1, 0.15) is 45.3 Å². The highest BCUT2D eigenvalue weighted by molar-refractivity contribution is 7.84. The fourth-order valence-electron chi connectivity index (χ4n) is 4.19. The van der Waals surface area contributed by atoms with E-state index in [0.29, 0.717) is 55.2 Å². The maximum atomic E-state index is 13.0. The summed E-state index contributed by atoms with van der Waals surface area (Å²) in [5, 5.41) is 18.0. The monoisotopic (exact) mass is 565 g/mol. The molecule has 2 aromatic heterocycles. The Balaban J connectivity index is 1.28. The molecule has 1 aliphatic carbocycles. The van der Waals surface area contributed by atoms with Gasteiger partial charge in [0.1, 0.15) is 17.3 Å². The smallest absolute Gasteiger partial charge is 0.371 e. The summed E-state index contributed by atoms with van der Waals surface area (Å²) >= 11 is 0. The van der Waals surface area contributed by atoms with E-state index in [0.717, 1.165) is 18.5 Å². The number of H-pyrrole nitrogens is 1. The highest BCUT2D eigenvalue weighted by Crippen LogP contribution is 2.39. The van der Waals surface area contributed by atoms with E-state index in [2.05, 4.69) is 40.9 Å². The van der Waals surface area contributed by atoms with Crippen LogP contribution in [0, 0.1) is 12.3 Å². The fourth-order valence-corrected chi connectivity index (χ4v) is 4.57. The Morgan fingerprint density at radius 2 is 1.82 bits per heavy atom. The third-order valence-corrected chi connectivity index (χ3v) is 6.76. The number of nitrogens with zero attached hydrogens (tertiary/aromatic N) is 5. The molecule has 2 fully saturated rings. The largest absolute Gasteiger partial charge is 0.380 e. The molecule has 1 saturated heterocycles. The van der Waals surface area contributed by atoms with Gasteiger partial charge in [-0.3, -0.25) is 14.7 Å². The molecule has 2 amide bonds. The van der Waals surface area contributed by atoms with Gasteiger partial charge in [0.05, 0.1) is 6.54 Å². The number of carbonyl (C=O) groups is 2. The minimum atomic E-state index is -4.15. The normalized spacial score (nSPS) is 15.3. The number of aromatic amines is 1. The number of terminal acetylenes is 1. The second-order valence-corrected chi connectivity index (χ2v) is 10.5. The Kier molecular flexibility index (Phi) is 7.54. The zero-order chi connectivity index (χ0) is 28.3. The number of amides is 2. The molecule has 40 heavy (non-hydrogen) atoms. The van der Waals surface area contributed by atoms with Crippen molar-refractivity contribution in [3.8, 4) is 18.1 Å². The van der Waals surface area contributed by atoms with E-state index in [1.807, 2.05) is 11.0 Å². The number of hydrogen-bond donors (Lipinski definition) is 4. The first-order valence-corrected chi connectivity index (χ1v) is 14.0. The zero-order valence-electron chi connectivity index (χ0n) is 21.3. The third-order valence-electron chi connectivity index (χ3n) is 6.33. The standard InChI is InChI=1S/C25H27N9O5S/c1-2-9-27-23(35)20-15-21(29-22-14-19(31-32-22)16-3-4-16)30-25(28-20)34-12-10-33(11-13-34)24(36)17-5-7-18(8-6-17)39-40(26,37)38/h1,5-8,14-16H,3-4,9-13H2,(H,27,35)(H2,26,37,38)(H2,28,29,30,31,32). The Bertz CT molecular complexity index is 1550. The van der Waals surface area contributed by atoms with Crippen LogP contribution < -0.4 is 24.9 Å². The highest BCUT2D eigenvalue weighted by atomic mass is 32.2. The number of piperazine rings is 1. The summed E-state index contributed by atoms with van der Waals surface area (Å²) in [7, 11) is -4.15. The van der Waals surface area contributed by atoms with Crippen molar-refractivity contribution in [2.45, 2.75) is 18.8 Å². The summed E-state index contributed by atoms with van der Waals surface area (Å²) < 4.78 is 26.8. The van der Waals surface area contributed by atoms with Crippen molar-refractivity contribution in [2.75, 3.05) is 42.9 Å². The number of aromatic nitrogens is 4. The first-order valence-electron chi connectivity index (χ1n) is 12.5. The fraction of sp³-hybridized carbons (Fsp3) is 0.320. The van der Waals surface area contributed by atoms with Crippen molar-refractivity contribution in [2.24, 2.45) is 5.14 Å². The summed E-state index contributed by atoms with van der Waals surface area (Å²) in [4.78, 5) is 38.3. The average molecular weight is 566 g/mol. The van der Waals surface area contributed by atoms with Crippen LogP contribution in [-0.4, -0.2) is 78.0 Å². The van der Waals surface area contributed by atoms with Crippen LogP contribution in [0.5, 0.6) is 5.75 Å². The van der Waals surface area contributed by atoms with Crippen molar-refractivity contribution in [3.63, 3.8) is 0 Å². The molecule has 208 valence electrons. The number of anilines is 3. The molecule has 1 saturated carbocycles. The van der Waals surface area contributed by atoms with Gasteiger partial charge < -0.3 is 24.6 Å². The zero-order valence-corrected chi connectivity index (χ0v) is 22.1. The van der Waals surface area contributed by atoms with Gasteiger partial charge in [0, 0.05) is 55.5 Å². The van der Waals surface area contributed by atoms with Crippen molar-refractivity contribution < 1.29 is 22.2 Å². The Labute approximate surface area is 230 Å². The van der Waals surface area contributed by atoms with E-state index in [9.17, 15) is 18.0 Å². The van der Waals surface area contributed by atoms with Gasteiger partial charge in [0.2, 0.25) is 5.95 Å². The number of benzene rings is 1. The molecule has 0 unspecified atom stereocenters. The van der Waals surface area contributed by atoms with Gasteiger partial charge in [-0.25, -0.2) is 4.98 Å². The first-order chi connectivity index (χ1) is 19.2. The number of nitrogens with two attached hydrogens (primary N) is 1. The molecule has 0 spiro atoms. The van der Waals surface area contributed by atoms with E-state index in [1.165, 1.54) is 30.3 Å². The number of rotatable bonds is 9. The van der Waals surface area contributed by atoms with Gasteiger partial charge in [-0.2, -0.15) is 23.6 Å². The van der Waals surface area contributed by atoms with E-state index in [4.69, 9.17) is 11.6 Å². The van der Waals surface area contributed by atoms with Crippen LogP contribution in [0.2, 0.25) is 0 Å². The lowest BCUT2D eigenvalue weighted by atomic mass is 10.1. The van der Waals surface area contributed by atoms with Gasteiger partial charge in [-0.15, -0.1) is 6.42 Å². The minimum Gasteiger partial charge on any atom is -0.371 e. The van der Waals surface area contributed by atoms with Crippen LogP contribution in [0.4, 0.5) is 17.6 Å². The molecule has 3 heterocycles. The molecule has 14 nitrogen and oxygen atoms in total. The predicted molar refractivity (Wildman–Crippen MR) is 145 cm³/mol. The predicted octanol–water partition coefficient (Wildman–Crippen LogP) is 0.728. The van der Waals surface area contributed by atoms with Crippen molar-refractivity contribution >= 4 is 39.7 Å². The van der Waals surface area contributed by atoms with E-state index in [-0.39, 0.29) is 23.9 Å². The number of nitrogens with one attached hydrogen (secondary N) is 3. The SMILES string of the molecule is C#CCNC(=O)c1cc(Nc2cc(C3CC3)[nH]n2)nc(N2CCN(C(=O)c3ccc(OS(N)(=O)=O)cc3)CC2)n1. The Morgan fingerprint density at radius 3 is 2.48 bits per heavy atom. The molecule has 0 bridgehead atoms. The van der Waals surface area contributed by atoms with Crippen molar-refractivity contribution in [1.82, 2.24) is 30.4 Å². The van der Waals surface area contributed by atoms with Gasteiger partial charge in [0.15, 0.2) is 5.82 Å². The van der Waals surface area contributed by atoms with Crippen molar-refractivity contribution in [3.05, 3.63) is 53.3 Å². The van der Waals surface area contributed by atoms with E-state index in [1.54, 1.807) is 4.90 Å². The summed E-state index contributed by atoms with van der Waals surface area (Å²) in [6, 6.07) is 9.12.